The number of primary amides is 1. The minimum Gasteiger partial charge on any atom is -0.351 e. The Balaban J connectivity index is 2.20. The third kappa shape index (κ3) is 4.02. The zero-order chi connectivity index (χ0) is 20.4. The molecule has 0 saturated carbocycles. The number of aryl methyl sites for hydroxylation is 1. The standard InChI is InChI=1S/C19H17ClN4O3S/c1-10-5-3-4-6-15(10)24-17(26)13-8-7-12(20)9-14(13)22-19(24)28-11(2)16(25)23-18(21)27/h3-9,11H,1-2H3,(H3,21,23,25,27)/t11-/m1/s1. The fourth-order valence-corrected chi connectivity index (χ4v) is 3.77. The molecule has 2 aromatic carbocycles. The second-order valence-electron chi connectivity index (χ2n) is 6.10. The van der Waals surface area contributed by atoms with Gasteiger partial charge in [-0.15, -0.1) is 0 Å². The molecule has 0 aliphatic heterocycles. The summed E-state index contributed by atoms with van der Waals surface area (Å²) in [6.45, 7) is 3.48. The number of nitrogens with one attached hydrogen (secondary N) is 1. The van der Waals surface area contributed by atoms with Crippen molar-refractivity contribution in [2.75, 3.05) is 0 Å². The average Bonchev–Trinajstić information content (AvgIpc) is 2.62. The van der Waals surface area contributed by atoms with Crippen molar-refractivity contribution in [1.82, 2.24) is 14.9 Å². The SMILES string of the molecule is Cc1ccccc1-n1c(S[C@H](C)C(=O)NC(N)=O)nc2cc(Cl)ccc2c1=O. The minimum absolute atomic E-state index is 0.277. The van der Waals surface area contributed by atoms with Gasteiger partial charge in [0.2, 0.25) is 5.91 Å². The summed E-state index contributed by atoms with van der Waals surface area (Å²) in [5, 5.41) is 2.48. The number of carbonyl (C=O) groups excluding carboxylic acids is 2. The Hall–Kier alpha value is -2.84. The predicted octanol–water partition coefficient (Wildman–Crippen LogP) is 3.02. The van der Waals surface area contributed by atoms with Crippen molar-refractivity contribution in [3.05, 3.63) is 63.4 Å². The molecule has 0 fully saturated rings. The van der Waals surface area contributed by atoms with Gasteiger partial charge < -0.3 is 5.73 Å². The highest BCUT2D eigenvalue weighted by Gasteiger charge is 2.21. The summed E-state index contributed by atoms with van der Waals surface area (Å²) in [6.07, 6.45) is 0. The molecule has 0 spiro atoms. The number of aromatic nitrogens is 2. The molecule has 7 nitrogen and oxygen atoms in total. The van der Waals surface area contributed by atoms with Crippen LogP contribution < -0.4 is 16.6 Å². The van der Waals surface area contributed by atoms with Crippen LogP contribution in [0.25, 0.3) is 16.6 Å². The number of amides is 3. The van der Waals surface area contributed by atoms with Gasteiger partial charge in [0.1, 0.15) is 0 Å². The van der Waals surface area contributed by atoms with Crippen molar-refractivity contribution in [3.63, 3.8) is 0 Å². The van der Waals surface area contributed by atoms with E-state index in [2.05, 4.69) is 4.98 Å². The van der Waals surface area contributed by atoms with Crippen LogP contribution in [0.5, 0.6) is 0 Å². The summed E-state index contributed by atoms with van der Waals surface area (Å²) < 4.78 is 1.46. The van der Waals surface area contributed by atoms with Crippen molar-refractivity contribution in [2.45, 2.75) is 24.3 Å². The van der Waals surface area contributed by atoms with Crippen LogP contribution in [0, 0.1) is 6.92 Å². The van der Waals surface area contributed by atoms with Gasteiger partial charge in [0.15, 0.2) is 5.16 Å². The number of urea groups is 1. The van der Waals surface area contributed by atoms with E-state index >= 15 is 0 Å². The van der Waals surface area contributed by atoms with E-state index in [1.165, 1.54) is 4.57 Å². The van der Waals surface area contributed by atoms with E-state index in [4.69, 9.17) is 17.3 Å². The molecule has 144 valence electrons. The molecule has 3 N–H and O–H groups in total. The second-order valence-corrected chi connectivity index (χ2v) is 7.84. The molecule has 0 unspecified atom stereocenters. The largest absolute Gasteiger partial charge is 0.351 e. The Morgan fingerprint density at radius 2 is 1.96 bits per heavy atom. The molecule has 0 radical (unpaired) electrons. The Bertz CT molecular complexity index is 1150. The molecule has 1 heterocycles. The van der Waals surface area contributed by atoms with Crippen LogP contribution in [-0.2, 0) is 4.79 Å². The maximum atomic E-state index is 13.2. The summed E-state index contributed by atoms with van der Waals surface area (Å²) >= 11 is 7.10. The quantitative estimate of drug-likeness (QED) is 0.502. The van der Waals surface area contributed by atoms with Gasteiger partial charge in [-0.25, -0.2) is 9.78 Å². The highest BCUT2D eigenvalue weighted by Crippen LogP contribution is 2.27. The smallest absolute Gasteiger partial charge is 0.318 e. The number of fused-ring (bicyclic) bond motifs is 1. The van der Waals surface area contributed by atoms with Gasteiger partial charge in [-0.2, -0.15) is 0 Å². The fourth-order valence-electron chi connectivity index (χ4n) is 2.68. The highest BCUT2D eigenvalue weighted by molar-refractivity contribution is 8.00. The molecule has 3 rings (SSSR count). The van der Waals surface area contributed by atoms with Gasteiger partial charge in [0.05, 0.1) is 21.8 Å². The van der Waals surface area contributed by atoms with Crippen LogP contribution in [0.4, 0.5) is 4.79 Å². The van der Waals surface area contributed by atoms with E-state index in [9.17, 15) is 14.4 Å². The first-order valence-corrected chi connectivity index (χ1v) is 9.59. The molecular formula is C19H17ClN4O3S. The molecule has 0 aliphatic carbocycles. The third-order valence-electron chi connectivity index (χ3n) is 4.05. The van der Waals surface area contributed by atoms with Crippen molar-refractivity contribution in [3.8, 4) is 5.69 Å². The molecule has 28 heavy (non-hydrogen) atoms. The number of halogens is 1. The number of nitrogens with two attached hydrogens (primary N) is 1. The van der Waals surface area contributed by atoms with Gasteiger partial charge in [0, 0.05) is 5.02 Å². The zero-order valence-corrected chi connectivity index (χ0v) is 16.7. The number of hydrogen-bond donors (Lipinski definition) is 2. The molecule has 3 aromatic rings. The first-order valence-electron chi connectivity index (χ1n) is 8.33. The van der Waals surface area contributed by atoms with Gasteiger partial charge in [-0.3, -0.25) is 19.5 Å². The van der Waals surface area contributed by atoms with E-state index in [1.807, 2.05) is 30.4 Å². The van der Waals surface area contributed by atoms with Gasteiger partial charge in [-0.1, -0.05) is 41.6 Å². The molecule has 1 aromatic heterocycles. The van der Waals surface area contributed by atoms with Crippen molar-refractivity contribution in [2.24, 2.45) is 5.73 Å². The predicted molar refractivity (Wildman–Crippen MR) is 110 cm³/mol. The van der Waals surface area contributed by atoms with Gasteiger partial charge in [-0.05, 0) is 43.7 Å². The third-order valence-corrected chi connectivity index (χ3v) is 5.34. The molecule has 0 saturated heterocycles. The summed E-state index contributed by atoms with van der Waals surface area (Å²) in [6, 6.07) is 11.3. The van der Waals surface area contributed by atoms with Crippen LogP contribution in [-0.4, -0.2) is 26.7 Å². The minimum atomic E-state index is -0.938. The fraction of sp³-hybridized carbons (Fsp3) is 0.158. The zero-order valence-electron chi connectivity index (χ0n) is 15.1. The molecule has 1 atom stereocenters. The molecular weight excluding hydrogens is 400 g/mol. The number of benzene rings is 2. The van der Waals surface area contributed by atoms with Crippen LogP contribution in [0.15, 0.2) is 52.4 Å². The van der Waals surface area contributed by atoms with Crippen LogP contribution in [0.3, 0.4) is 0 Å². The number of rotatable bonds is 4. The normalized spacial score (nSPS) is 12.0. The average molecular weight is 417 g/mol. The van der Waals surface area contributed by atoms with Crippen molar-refractivity contribution >= 4 is 46.2 Å². The number of imide groups is 1. The lowest BCUT2D eigenvalue weighted by atomic mass is 10.2. The Morgan fingerprint density at radius 3 is 2.64 bits per heavy atom. The maximum absolute atomic E-state index is 13.2. The number of thioether (sulfide) groups is 1. The second kappa shape index (κ2) is 8.04. The molecule has 0 aliphatic rings. The van der Waals surface area contributed by atoms with Crippen molar-refractivity contribution in [1.29, 1.82) is 0 Å². The van der Waals surface area contributed by atoms with E-state index in [1.54, 1.807) is 31.2 Å². The summed E-state index contributed by atoms with van der Waals surface area (Å²) in [5.41, 5.74) is 6.69. The molecule has 3 amide bonds. The van der Waals surface area contributed by atoms with Crippen LogP contribution >= 0.6 is 23.4 Å². The Kier molecular flexibility index (Phi) is 5.71. The van der Waals surface area contributed by atoms with Gasteiger partial charge in [0.25, 0.3) is 5.56 Å². The molecule has 0 bridgehead atoms. The maximum Gasteiger partial charge on any atom is 0.318 e. The topological polar surface area (TPSA) is 107 Å². The lowest BCUT2D eigenvalue weighted by Gasteiger charge is -2.17. The number of carbonyl (C=O) groups is 2. The lowest BCUT2D eigenvalue weighted by molar-refractivity contribution is -0.119. The summed E-state index contributed by atoms with van der Waals surface area (Å²) in [4.78, 5) is 40.9. The van der Waals surface area contributed by atoms with E-state index in [0.717, 1.165) is 17.3 Å². The molecule has 9 heteroatoms. The monoisotopic (exact) mass is 416 g/mol. The summed E-state index contributed by atoms with van der Waals surface area (Å²) in [7, 11) is 0. The van der Waals surface area contributed by atoms with Crippen LogP contribution in [0.2, 0.25) is 5.02 Å². The lowest BCUT2D eigenvalue weighted by Crippen LogP contribution is -2.39. The van der Waals surface area contributed by atoms with E-state index in [0.29, 0.717) is 26.8 Å². The first-order chi connectivity index (χ1) is 13.3. The Labute approximate surface area is 169 Å². The van der Waals surface area contributed by atoms with E-state index < -0.39 is 17.2 Å². The highest BCUT2D eigenvalue weighted by atomic mass is 35.5. The number of hydrogen-bond acceptors (Lipinski definition) is 5. The van der Waals surface area contributed by atoms with E-state index in [-0.39, 0.29) is 5.56 Å². The van der Waals surface area contributed by atoms with Crippen molar-refractivity contribution < 1.29 is 9.59 Å². The number of para-hydroxylation sites is 1. The first kappa shape index (κ1) is 19.9. The summed E-state index contributed by atoms with van der Waals surface area (Å²) in [5.74, 6) is -0.575. The van der Waals surface area contributed by atoms with Gasteiger partial charge >= 0.3 is 6.03 Å². The number of nitrogens with zero attached hydrogens (tertiary/aromatic N) is 2. The Morgan fingerprint density at radius 1 is 1.25 bits per heavy atom. The van der Waals surface area contributed by atoms with Crippen LogP contribution in [0.1, 0.15) is 12.5 Å².